The van der Waals surface area contributed by atoms with Crippen molar-refractivity contribution in [3.05, 3.63) is 48.4 Å². The fourth-order valence-corrected chi connectivity index (χ4v) is 3.28. The molecule has 1 aliphatic carbocycles. The predicted octanol–water partition coefficient (Wildman–Crippen LogP) is 0.796. The van der Waals surface area contributed by atoms with Crippen molar-refractivity contribution < 1.29 is 24.5 Å². The van der Waals surface area contributed by atoms with Gasteiger partial charge in [0.05, 0.1) is 32.1 Å². The zero-order chi connectivity index (χ0) is 19.3. The lowest BCUT2D eigenvalue weighted by molar-refractivity contribution is 0.0438. The molecular formula is C19H23N3O5. The molecule has 3 N–H and O–H groups in total. The quantitative estimate of drug-likeness (QED) is 0.658. The lowest BCUT2D eigenvalue weighted by Gasteiger charge is -2.29. The number of aliphatic hydroxyl groups excluding tert-OH is 2. The van der Waals surface area contributed by atoms with Crippen LogP contribution in [0.3, 0.4) is 0 Å². The Morgan fingerprint density at radius 2 is 2.07 bits per heavy atom. The van der Waals surface area contributed by atoms with Gasteiger partial charge in [0.15, 0.2) is 0 Å². The summed E-state index contributed by atoms with van der Waals surface area (Å²) >= 11 is 0. The SMILES string of the molecule is COc1cccc(C(=O)NCC2(COc3cnccn3)C[C@@H](O)[C@@H](O)C2)c1. The monoisotopic (exact) mass is 373 g/mol. The highest BCUT2D eigenvalue weighted by atomic mass is 16.5. The highest BCUT2D eigenvalue weighted by Crippen LogP contribution is 2.38. The molecule has 1 amide bonds. The largest absolute Gasteiger partial charge is 0.497 e. The zero-order valence-corrected chi connectivity index (χ0v) is 15.0. The molecule has 0 radical (unpaired) electrons. The molecule has 1 aliphatic rings. The van der Waals surface area contributed by atoms with Crippen molar-refractivity contribution >= 4 is 5.91 Å². The molecular weight excluding hydrogens is 350 g/mol. The molecule has 1 fully saturated rings. The number of aromatic nitrogens is 2. The van der Waals surface area contributed by atoms with Gasteiger partial charge in [-0.3, -0.25) is 9.78 Å². The van der Waals surface area contributed by atoms with E-state index in [1.807, 2.05) is 0 Å². The maximum Gasteiger partial charge on any atom is 0.251 e. The van der Waals surface area contributed by atoms with Crippen molar-refractivity contribution in [2.24, 2.45) is 5.41 Å². The Bertz CT molecular complexity index is 761. The Morgan fingerprint density at radius 1 is 1.30 bits per heavy atom. The van der Waals surface area contributed by atoms with Gasteiger partial charge >= 0.3 is 0 Å². The lowest BCUT2D eigenvalue weighted by Crippen LogP contribution is -2.40. The second kappa shape index (κ2) is 8.32. The Hall–Kier alpha value is -2.71. The van der Waals surface area contributed by atoms with Crippen LogP contribution in [0, 0.1) is 5.41 Å². The maximum absolute atomic E-state index is 12.5. The molecule has 0 spiro atoms. The molecule has 144 valence electrons. The number of carbonyl (C=O) groups is 1. The third-order valence-corrected chi connectivity index (χ3v) is 4.75. The molecule has 8 heteroatoms. The smallest absolute Gasteiger partial charge is 0.251 e. The Morgan fingerprint density at radius 3 is 2.74 bits per heavy atom. The molecule has 3 atom stereocenters. The van der Waals surface area contributed by atoms with E-state index >= 15 is 0 Å². The van der Waals surface area contributed by atoms with E-state index in [1.165, 1.54) is 19.5 Å². The van der Waals surface area contributed by atoms with E-state index < -0.39 is 17.6 Å². The van der Waals surface area contributed by atoms with Crippen LogP contribution < -0.4 is 14.8 Å². The summed E-state index contributed by atoms with van der Waals surface area (Å²) in [5.74, 6) is 0.686. The van der Waals surface area contributed by atoms with Gasteiger partial charge in [-0.1, -0.05) is 6.07 Å². The Labute approximate surface area is 157 Å². The highest BCUT2D eigenvalue weighted by Gasteiger charge is 2.45. The number of aliphatic hydroxyl groups is 2. The number of nitrogens with zero attached hydrogens (tertiary/aromatic N) is 2. The van der Waals surface area contributed by atoms with Crippen LogP contribution in [0.2, 0.25) is 0 Å². The van der Waals surface area contributed by atoms with Gasteiger partial charge < -0.3 is 25.0 Å². The first-order valence-electron chi connectivity index (χ1n) is 8.68. The predicted molar refractivity (Wildman–Crippen MR) is 96.5 cm³/mol. The average molecular weight is 373 g/mol. The van der Waals surface area contributed by atoms with Crippen molar-refractivity contribution in [3.63, 3.8) is 0 Å². The minimum atomic E-state index is -0.857. The number of hydrogen-bond donors (Lipinski definition) is 3. The van der Waals surface area contributed by atoms with E-state index in [2.05, 4.69) is 15.3 Å². The van der Waals surface area contributed by atoms with Gasteiger partial charge in [0.25, 0.3) is 5.91 Å². The maximum atomic E-state index is 12.5. The number of carbonyl (C=O) groups excluding carboxylic acids is 1. The molecule has 1 aromatic heterocycles. The van der Waals surface area contributed by atoms with E-state index in [9.17, 15) is 15.0 Å². The zero-order valence-electron chi connectivity index (χ0n) is 15.0. The van der Waals surface area contributed by atoms with E-state index in [4.69, 9.17) is 9.47 Å². The molecule has 2 aromatic rings. The van der Waals surface area contributed by atoms with Gasteiger partial charge in [0.2, 0.25) is 5.88 Å². The lowest BCUT2D eigenvalue weighted by atomic mass is 9.86. The number of ether oxygens (including phenoxy) is 2. The molecule has 3 rings (SSSR count). The number of hydrogen-bond acceptors (Lipinski definition) is 7. The summed E-state index contributed by atoms with van der Waals surface area (Å²) in [6.45, 7) is 0.440. The van der Waals surface area contributed by atoms with E-state index in [1.54, 1.807) is 30.5 Å². The second-order valence-corrected chi connectivity index (χ2v) is 6.79. The molecule has 27 heavy (non-hydrogen) atoms. The Kier molecular flexibility index (Phi) is 5.88. The van der Waals surface area contributed by atoms with Crippen molar-refractivity contribution in [2.75, 3.05) is 20.3 Å². The highest BCUT2D eigenvalue weighted by molar-refractivity contribution is 5.94. The van der Waals surface area contributed by atoms with Crippen molar-refractivity contribution in [1.82, 2.24) is 15.3 Å². The summed E-state index contributed by atoms with van der Waals surface area (Å²) < 4.78 is 10.8. The summed E-state index contributed by atoms with van der Waals surface area (Å²) in [7, 11) is 1.54. The van der Waals surface area contributed by atoms with Crippen LogP contribution >= 0.6 is 0 Å². The van der Waals surface area contributed by atoms with E-state index in [-0.39, 0.29) is 19.1 Å². The summed E-state index contributed by atoms with van der Waals surface area (Å²) in [5.41, 5.74) is -0.135. The van der Waals surface area contributed by atoms with Crippen LogP contribution in [0.15, 0.2) is 42.9 Å². The summed E-state index contributed by atoms with van der Waals surface area (Å²) in [4.78, 5) is 20.5. The van der Waals surface area contributed by atoms with Gasteiger partial charge in [0.1, 0.15) is 5.75 Å². The molecule has 1 heterocycles. The number of benzene rings is 1. The standard InChI is InChI=1S/C19H23N3O5/c1-26-14-4-2-3-13(7-14)18(25)22-11-19(8-15(23)16(24)9-19)12-27-17-10-20-5-6-21-17/h2-7,10,15-16,23-24H,8-9,11-12H2,1H3,(H,22,25)/t15-,16+,19?. The summed E-state index contributed by atoms with van der Waals surface area (Å²) in [5, 5.41) is 22.9. The van der Waals surface area contributed by atoms with Gasteiger partial charge in [-0.25, -0.2) is 4.98 Å². The van der Waals surface area contributed by atoms with Crippen LogP contribution in [0.25, 0.3) is 0 Å². The summed E-state index contributed by atoms with van der Waals surface area (Å²) in [6.07, 6.45) is 3.46. The van der Waals surface area contributed by atoms with Crippen LogP contribution in [0.5, 0.6) is 11.6 Å². The third-order valence-electron chi connectivity index (χ3n) is 4.75. The van der Waals surface area contributed by atoms with Crippen molar-refractivity contribution in [2.45, 2.75) is 25.0 Å². The molecule has 8 nitrogen and oxygen atoms in total. The van der Waals surface area contributed by atoms with Gasteiger partial charge in [0, 0.05) is 29.9 Å². The van der Waals surface area contributed by atoms with E-state index in [0.29, 0.717) is 30.0 Å². The minimum absolute atomic E-state index is 0.193. The van der Waals surface area contributed by atoms with Crippen LogP contribution in [-0.2, 0) is 0 Å². The van der Waals surface area contributed by atoms with Crippen LogP contribution in [0.4, 0.5) is 0 Å². The molecule has 1 unspecified atom stereocenters. The minimum Gasteiger partial charge on any atom is -0.497 e. The third kappa shape index (κ3) is 4.72. The van der Waals surface area contributed by atoms with Gasteiger partial charge in [-0.05, 0) is 31.0 Å². The average Bonchev–Trinajstić information content (AvgIpc) is 2.99. The normalized spacial score (nSPS) is 24.4. The number of amides is 1. The fourth-order valence-electron chi connectivity index (χ4n) is 3.28. The first-order valence-corrected chi connectivity index (χ1v) is 8.68. The number of rotatable bonds is 7. The summed E-state index contributed by atoms with van der Waals surface area (Å²) in [6, 6.07) is 6.84. The first-order chi connectivity index (χ1) is 13.0. The Balaban J connectivity index is 1.67. The molecule has 0 aliphatic heterocycles. The second-order valence-electron chi connectivity index (χ2n) is 6.79. The topological polar surface area (TPSA) is 114 Å². The molecule has 0 bridgehead atoms. The fraction of sp³-hybridized carbons (Fsp3) is 0.421. The molecule has 1 saturated carbocycles. The number of methoxy groups -OCH3 is 1. The number of nitrogens with one attached hydrogen (secondary N) is 1. The van der Waals surface area contributed by atoms with Crippen LogP contribution in [-0.4, -0.2) is 58.6 Å². The first kappa shape index (κ1) is 19.1. The van der Waals surface area contributed by atoms with Gasteiger partial charge in [-0.2, -0.15) is 0 Å². The molecule has 0 saturated heterocycles. The van der Waals surface area contributed by atoms with Crippen LogP contribution in [0.1, 0.15) is 23.2 Å². The van der Waals surface area contributed by atoms with Gasteiger partial charge in [-0.15, -0.1) is 0 Å². The van der Waals surface area contributed by atoms with E-state index in [0.717, 1.165) is 0 Å². The van der Waals surface area contributed by atoms with Crippen molar-refractivity contribution in [1.29, 1.82) is 0 Å². The molecule has 1 aromatic carbocycles. The van der Waals surface area contributed by atoms with Crippen molar-refractivity contribution in [3.8, 4) is 11.6 Å².